The molecule has 0 aliphatic heterocycles. The molecule has 0 atom stereocenters. The Bertz CT molecular complexity index is 476. The number of thiophene rings is 1. The molecule has 0 fully saturated rings. The fourth-order valence-electron chi connectivity index (χ4n) is 1.64. The molecule has 1 aromatic heterocycles. The summed E-state index contributed by atoms with van der Waals surface area (Å²) in [6, 6.07) is 7.98. The highest BCUT2D eigenvalue weighted by Gasteiger charge is 2.08. The average molecular weight is 238 g/mol. The molecule has 0 unspecified atom stereocenters. The van der Waals surface area contributed by atoms with E-state index in [1.165, 1.54) is 10.4 Å². The van der Waals surface area contributed by atoms with Crippen LogP contribution < -0.4 is 5.73 Å². The maximum atomic E-state index is 6.01. The van der Waals surface area contributed by atoms with Crippen LogP contribution >= 0.6 is 22.9 Å². The molecule has 3 heteroatoms. The minimum Gasteiger partial charge on any atom is -0.326 e. The molecule has 1 nitrogen and oxygen atoms in total. The standard InChI is InChI=1S/C12H12ClNS/c1-8-11(4-5-15-8)12-6-10(13)3-2-9(12)7-14/h2-6H,7,14H2,1H3. The van der Waals surface area contributed by atoms with Crippen molar-refractivity contribution < 1.29 is 0 Å². The van der Waals surface area contributed by atoms with Gasteiger partial charge in [0, 0.05) is 16.4 Å². The third-order valence-corrected chi connectivity index (χ3v) is 3.52. The predicted molar refractivity (Wildman–Crippen MR) is 67.4 cm³/mol. The summed E-state index contributed by atoms with van der Waals surface area (Å²) in [5.41, 5.74) is 9.25. The van der Waals surface area contributed by atoms with Crippen LogP contribution in [0.1, 0.15) is 10.4 Å². The van der Waals surface area contributed by atoms with Gasteiger partial charge in [-0.25, -0.2) is 0 Å². The van der Waals surface area contributed by atoms with Crippen LogP contribution in [0.25, 0.3) is 11.1 Å². The van der Waals surface area contributed by atoms with Gasteiger partial charge in [-0.05, 0) is 47.2 Å². The normalized spacial score (nSPS) is 10.6. The largest absolute Gasteiger partial charge is 0.326 e. The molecule has 1 heterocycles. The molecule has 78 valence electrons. The number of hydrogen-bond acceptors (Lipinski definition) is 2. The van der Waals surface area contributed by atoms with Gasteiger partial charge in [-0.2, -0.15) is 0 Å². The fourth-order valence-corrected chi connectivity index (χ4v) is 2.53. The van der Waals surface area contributed by atoms with Crippen LogP contribution in [0.15, 0.2) is 29.6 Å². The summed E-state index contributed by atoms with van der Waals surface area (Å²) in [5.74, 6) is 0. The molecule has 1 aromatic carbocycles. The van der Waals surface area contributed by atoms with E-state index >= 15 is 0 Å². The van der Waals surface area contributed by atoms with E-state index in [9.17, 15) is 0 Å². The maximum Gasteiger partial charge on any atom is 0.0412 e. The first-order chi connectivity index (χ1) is 7.22. The molecule has 2 N–H and O–H groups in total. The van der Waals surface area contributed by atoms with E-state index in [0.717, 1.165) is 16.1 Å². The number of hydrogen-bond donors (Lipinski definition) is 1. The van der Waals surface area contributed by atoms with E-state index in [1.807, 2.05) is 18.2 Å². The molecule has 0 radical (unpaired) electrons. The van der Waals surface area contributed by atoms with Crippen LogP contribution in [-0.4, -0.2) is 0 Å². The highest BCUT2D eigenvalue weighted by atomic mass is 35.5. The highest BCUT2D eigenvalue weighted by molar-refractivity contribution is 7.10. The Hall–Kier alpha value is -0.830. The van der Waals surface area contributed by atoms with E-state index in [-0.39, 0.29) is 0 Å². The van der Waals surface area contributed by atoms with Crippen molar-refractivity contribution in [2.75, 3.05) is 0 Å². The van der Waals surface area contributed by atoms with Crippen molar-refractivity contribution in [1.29, 1.82) is 0 Å². The van der Waals surface area contributed by atoms with Crippen LogP contribution in [-0.2, 0) is 6.54 Å². The van der Waals surface area contributed by atoms with E-state index in [2.05, 4.69) is 18.4 Å². The summed E-state index contributed by atoms with van der Waals surface area (Å²) >= 11 is 7.75. The summed E-state index contributed by atoms with van der Waals surface area (Å²) in [4.78, 5) is 1.30. The second kappa shape index (κ2) is 4.35. The lowest BCUT2D eigenvalue weighted by atomic mass is 10.0. The lowest BCUT2D eigenvalue weighted by Crippen LogP contribution is -1.98. The second-order valence-corrected chi connectivity index (χ2v) is 4.95. The number of nitrogens with two attached hydrogens (primary N) is 1. The first kappa shape index (κ1) is 10.7. The predicted octanol–water partition coefficient (Wildman–Crippen LogP) is 3.84. The lowest BCUT2D eigenvalue weighted by Gasteiger charge is -2.07. The minimum absolute atomic E-state index is 0.543. The average Bonchev–Trinajstić information content (AvgIpc) is 2.64. The van der Waals surface area contributed by atoms with Crippen LogP contribution in [0.2, 0.25) is 5.02 Å². The van der Waals surface area contributed by atoms with E-state index in [0.29, 0.717) is 6.54 Å². The van der Waals surface area contributed by atoms with Gasteiger partial charge in [0.1, 0.15) is 0 Å². The van der Waals surface area contributed by atoms with Gasteiger partial charge in [0.15, 0.2) is 0 Å². The first-order valence-electron chi connectivity index (χ1n) is 4.75. The van der Waals surface area contributed by atoms with E-state index < -0.39 is 0 Å². The number of halogens is 1. The van der Waals surface area contributed by atoms with Gasteiger partial charge < -0.3 is 5.73 Å². The van der Waals surface area contributed by atoms with Gasteiger partial charge in [0.25, 0.3) is 0 Å². The number of benzene rings is 1. The Labute approximate surface area is 98.5 Å². The molecular weight excluding hydrogens is 226 g/mol. The van der Waals surface area contributed by atoms with Gasteiger partial charge in [0.05, 0.1) is 0 Å². The summed E-state index contributed by atoms with van der Waals surface area (Å²) in [6.07, 6.45) is 0. The topological polar surface area (TPSA) is 26.0 Å². The monoisotopic (exact) mass is 237 g/mol. The van der Waals surface area contributed by atoms with Crippen LogP contribution in [0.5, 0.6) is 0 Å². The summed E-state index contributed by atoms with van der Waals surface area (Å²) in [6.45, 7) is 2.66. The summed E-state index contributed by atoms with van der Waals surface area (Å²) in [5, 5.41) is 2.85. The molecule has 0 saturated heterocycles. The van der Waals surface area contributed by atoms with Gasteiger partial charge in [-0.15, -0.1) is 11.3 Å². The summed E-state index contributed by atoms with van der Waals surface area (Å²) < 4.78 is 0. The number of aryl methyl sites for hydroxylation is 1. The molecule has 15 heavy (non-hydrogen) atoms. The molecule has 0 amide bonds. The molecule has 2 rings (SSSR count). The van der Waals surface area contributed by atoms with Crippen molar-refractivity contribution in [3.05, 3.63) is 45.1 Å². The quantitative estimate of drug-likeness (QED) is 0.844. The third kappa shape index (κ3) is 2.07. The van der Waals surface area contributed by atoms with Gasteiger partial charge in [-0.3, -0.25) is 0 Å². The third-order valence-electron chi connectivity index (χ3n) is 2.44. The van der Waals surface area contributed by atoms with Crippen molar-refractivity contribution in [1.82, 2.24) is 0 Å². The molecular formula is C12H12ClNS. The lowest BCUT2D eigenvalue weighted by molar-refractivity contribution is 1.07. The Morgan fingerprint density at radius 1 is 1.27 bits per heavy atom. The van der Waals surface area contributed by atoms with Crippen molar-refractivity contribution >= 4 is 22.9 Å². The zero-order chi connectivity index (χ0) is 10.8. The minimum atomic E-state index is 0.543. The Balaban J connectivity index is 2.60. The molecule has 0 aliphatic rings. The van der Waals surface area contributed by atoms with Crippen molar-refractivity contribution in [2.24, 2.45) is 5.73 Å². The Morgan fingerprint density at radius 3 is 2.67 bits per heavy atom. The molecule has 0 spiro atoms. The maximum absolute atomic E-state index is 6.01. The smallest absolute Gasteiger partial charge is 0.0412 e. The van der Waals surface area contributed by atoms with Gasteiger partial charge in [0.2, 0.25) is 0 Å². The SMILES string of the molecule is Cc1sccc1-c1cc(Cl)ccc1CN. The Kier molecular flexibility index (Phi) is 3.10. The van der Waals surface area contributed by atoms with Crippen LogP contribution in [0, 0.1) is 6.92 Å². The Morgan fingerprint density at radius 2 is 2.07 bits per heavy atom. The van der Waals surface area contributed by atoms with E-state index in [1.54, 1.807) is 11.3 Å². The number of rotatable bonds is 2. The summed E-state index contributed by atoms with van der Waals surface area (Å²) in [7, 11) is 0. The fraction of sp³-hybridized carbons (Fsp3) is 0.167. The molecule has 2 aromatic rings. The van der Waals surface area contributed by atoms with Gasteiger partial charge >= 0.3 is 0 Å². The highest BCUT2D eigenvalue weighted by Crippen LogP contribution is 2.31. The first-order valence-corrected chi connectivity index (χ1v) is 6.01. The van der Waals surface area contributed by atoms with Crippen molar-refractivity contribution in [3.63, 3.8) is 0 Å². The van der Waals surface area contributed by atoms with Crippen molar-refractivity contribution in [3.8, 4) is 11.1 Å². The molecule has 0 saturated carbocycles. The second-order valence-electron chi connectivity index (χ2n) is 3.40. The zero-order valence-corrected chi connectivity index (χ0v) is 10.0. The van der Waals surface area contributed by atoms with E-state index in [4.69, 9.17) is 17.3 Å². The van der Waals surface area contributed by atoms with Crippen LogP contribution in [0.3, 0.4) is 0 Å². The van der Waals surface area contributed by atoms with Crippen molar-refractivity contribution in [2.45, 2.75) is 13.5 Å². The molecule has 0 aliphatic carbocycles. The van der Waals surface area contributed by atoms with Crippen LogP contribution in [0.4, 0.5) is 0 Å². The zero-order valence-electron chi connectivity index (χ0n) is 8.46. The van der Waals surface area contributed by atoms with Gasteiger partial charge in [-0.1, -0.05) is 17.7 Å². The molecule has 0 bridgehead atoms.